The first-order valence-corrected chi connectivity index (χ1v) is 6.78. The number of piperidine rings is 1. The van der Waals surface area contributed by atoms with E-state index >= 15 is 0 Å². The highest BCUT2D eigenvalue weighted by molar-refractivity contribution is 5.94. The molecule has 0 atom stereocenters. The van der Waals surface area contributed by atoms with Gasteiger partial charge in [-0.25, -0.2) is 4.79 Å². The van der Waals surface area contributed by atoms with Crippen molar-refractivity contribution in [1.82, 2.24) is 5.32 Å². The highest BCUT2D eigenvalue weighted by Crippen LogP contribution is 2.20. The molecule has 2 heterocycles. The van der Waals surface area contributed by atoms with Crippen LogP contribution in [0.1, 0.15) is 12.8 Å². The third-order valence-electron chi connectivity index (χ3n) is 3.60. The Morgan fingerprint density at radius 1 is 1.20 bits per heavy atom. The normalized spacial score (nSPS) is 16.2. The van der Waals surface area contributed by atoms with Crippen LogP contribution in [0.4, 0.5) is 5.69 Å². The Morgan fingerprint density at radius 3 is 2.80 bits per heavy atom. The molecule has 3 rings (SSSR count). The molecule has 5 heteroatoms. The van der Waals surface area contributed by atoms with Gasteiger partial charge in [0.1, 0.15) is 5.58 Å². The van der Waals surface area contributed by atoms with Crippen molar-refractivity contribution in [3.63, 3.8) is 0 Å². The van der Waals surface area contributed by atoms with Crippen molar-refractivity contribution in [3.05, 3.63) is 40.8 Å². The second-order valence-corrected chi connectivity index (χ2v) is 5.02. The zero-order valence-electron chi connectivity index (χ0n) is 11.0. The minimum absolute atomic E-state index is 0.0585. The van der Waals surface area contributed by atoms with Gasteiger partial charge >= 0.3 is 5.63 Å². The largest absolute Gasteiger partial charge is 0.423 e. The van der Waals surface area contributed by atoms with Crippen LogP contribution in [0.3, 0.4) is 0 Å². The molecule has 5 nitrogen and oxygen atoms in total. The fourth-order valence-electron chi connectivity index (χ4n) is 2.48. The Balaban J connectivity index is 1.78. The Kier molecular flexibility index (Phi) is 3.52. The molecule has 1 amide bonds. The summed E-state index contributed by atoms with van der Waals surface area (Å²) in [6, 6.07) is 8.35. The van der Waals surface area contributed by atoms with Crippen molar-refractivity contribution in [3.8, 4) is 0 Å². The Hall–Kier alpha value is -2.14. The summed E-state index contributed by atoms with van der Waals surface area (Å²) < 4.78 is 5.06. The Bertz CT molecular complexity index is 687. The predicted molar refractivity (Wildman–Crippen MR) is 76.7 cm³/mol. The highest BCUT2D eigenvalue weighted by Gasteiger charge is 2.20. The molecule has 2 N–H and O–H groups in total. The van der Waals surface area contributed by atoms with Gasteiger partial charge in [0.05, 0.1) is 0 Å². The van der Waals surface area contributed by atoms with Crippen LogP contribution in [-0.2, 0) is 4.79 Å². The van der Waals surface area contributed by atoms with Crippen molar-refractivity contribution < 1.29 is 9.21 Å². The first kappa shape index (κ1) is 12.9. The molecule has 20 heavy (non-hydrogen) atoms. The van der Waals surface area contributed by atoms with Crippen molar-refractivity contribution in [2.24, 2.45) is 5.92 Å². The SMILES string of the molecule is O=C(Nc1ccc2oc(=O)ccc2c1)C1CCNCC1. The molecular formula is C15H16N2O3. The molecule has 104 valence electrons. The molecule has 0 spiro atoms. The molecule has 1 saturated heterocycles. The summed E-state index contributed by atoms with van der Waals surface area (Å²) in [6.07, 6.45) is 1.74. The van der Waals surface area contributed by atoms with Gasteiger partial charge in [-0.05, 0) is 50.2 Å². The number of anilines is 1. The Labute approximate surface area is 116 Å². The van der Waals surface area contributed by atoms with Gasteiger partial charge in [-0.2, -0.15) is 0 Å². The van der Waals surface area contributed by atoms with Gasteiger partial charge in [0, 0.05) is 23.1 Å². The number of nitrogens with one attached hydrogen (secondary N) is 2. The van der Waals surface area contributed by atoms with Gasteiger partial charge in [0.25, 0.3) is 0 Å². The van der Waals surface area contributed by atoms with Crippen molar-refractivity contribution in [2.45, 2.75) is 12.8 Å². The summed E-state index contributed by atoms with van der Waals surface area (Å²) in [5, 5.41) is 6.97. The van der Waals surface area contributed by atoms with Crippen LogP contribution in [0.25, 0.3) is 11.0 Å². The summed E-state index contributed by atoms with van der Waals surface area (Å²) in [4.78, 5) is 23.3. The summed E-state index contributed by atoms with van der Waals surface area (Å²) in [5.41, 5.74) is 0.885. The number of fused-ring (bicyclic) bond motifs is 1. The fraction of sp³-hybridized carbons (Fsp3) is 0.333. The van der Waals surface area contributed by atoms with E-state index in [9.17, 15) is 9.59 Å². The van der Waals surface area contributed by atoms with Crippen LogP contribution in [0.5, 0.6) is 0 Å². The lowest BCUT2D eigenvalue weighted by molar-refractivity contribution is -0.120. The molecule has 1 aliphatic rings. The maximum Gasteiger partial charge on any atom is 0.336 e. The van der Waals surface area contributed by atoms with Crippen LogP contribution in [0.15, 0.2) is 39.5 Å². The predicted octanol–water partition coefficient (Wildman–Crippen LogP) is 1.73. The van der Waals surface area contributed by atoms with Gasteiger partial charge in [0.15, 0.2) is 0 Å². The van der Waals surface area contributed by atoms with E-state index in [-0.39, 0.29) is 17.5 Å². The molecule has 1 aromatic carbocycles. The average molecular weight is 272 g/mol. The van der Waals surface area contributed by atoms with Crippen molar-refractivity contribution in [2.75, 3.05) is 18.4 Å². The van der Waals surface area contributed by atoms with E-state index in [2.05, 4.69) is 10.6 Å². The maximum absolute atomic E-state index is 12.1. The number of rotatable bonds is 2. The van der Waals surface area contributed by atoms with E-state index in [4.69, 9.17) is 4.42 Å². The van der Waals surface area contributed by atoms with Crippen LogP contribution in [-0.4, -0.2) is 19.0 Å². The fourth-order valence-corrected chi connectivity index (χ4v) is 2.48. The second kappa shape index (κ2) is 5.46. The Morgan fingerprint density at radius 2 is 2.00 bits per heavy atom. The first-order chi connectivity index (χ1) is 9.72. The standard InChI is InChI=1S/C15H16N2O3/c18-14-4-1-11-9-12(2-3-13(11)20-14)17-15(19)10-5-7-16-8-6-10/h1-4,9-10,16H,5-8H2,(H,17,19). The zero-order chi connectivity index (χ0) is 13.9. The van der Waals surface area contributed by atoms with Crippen LogP contribution in [0.2, 0.25) is 0 Å². The van der Waals surface area contributed by atoms with Gasteiger partial charge in [-0.3, -0.25) is 4.79 Å². The molecule has 2 aromatic rings. The van der Waals surface area contributed by atoms with Crippen molar-refractivity contribution >= 4 is 22.6 Å². The quantitative estimate of drug-likeness (QED) is 0.817. The van der Waals surface area contributed by atoms with Gasteiger partial charge in [-0.15, -0.1) is 0 Å². The first-order valence-electron chi connectivity index (χ1n) is 6.78. The average Bonchev–Trinajstić information content (AvgIpc) is 2.48. The molecule has 0 aliphatic carbocycles. The number of hydrogen-bond donors (Lipinski definition) is 2. The molecule has 0 unspecified atom stereocenters. The molecule has 1 fully saturated rings. The zero-order valence-corrected chi connectivity index (χ0v) is 11.0. The van der Waals surface area contributed by atoms with Crippen LogP contribution >= 0.6 is 0 Å². The summed E-state index contributed by atoms with van der Waals surface area (Å²) in [5.74, 6) is 0.129. The van der Waals surface area contributed by atoms with Crippen LogP contribution in [0, 0.1) is 5.92 Å². The van der Waals surface area contributed by atoms with E-state index in [1.807, 2.05) is 6.07 Å². The van der Waals surface area contributed by atoms with Crippen molar-refractivity contribution in [1.29, 1.82) is 0 Å². The number of hydrogen-bond acceptors (Lipinski definition) is 4. The van der Waals surface area contributed by atoms with Gasteiger partial charge in [0.2, 0.25) is 5.91 Å². The number of carbonyl (C=O) groups excluding carboxylic acids is 1. The molecule has 1 aliphatic heterocycles. The minimum Gasteiger partial charge on any atom is -0.423 e. The lowest BCUT2D eigenvalue weighted by atomic mass is 9.97. The molecule has 0 bridgehead atoms. The summed E-state index contributed by atoms with van der Waals surface area (Å²) in [6.45, 7) is 1.78. The summed E-state index contributed by atoms with van der Waals surface area (Å²) in [7, 11) is 0. The number of carbonyl (C=O) groups is 1. The third kappa shape index (κ3) is 2.72. The monoisotopic (exact) mass is 272 g/mol. The molecule has 1 aromatic heterocycles. The lowest BCUT2D eigenvalue weighted by Gasteiger charge is -2.21. The number of benzene rings is 1. The van der Waals surface area contributed by atoms with E-state index in [0.29, 0.717) is 5.58 Å². The van der Waals surface area contributed by atoms with E-state index in [0.717, 1.165) is 37.0 Å². The highest BCUT2D eigenvalue weighted by atomic mass is 16.4. The van der Waals surface area contributed by atoms with Crippen LogP contribution < -0.4 is 16.3 Å². The topological polar surface area (TPSA) is 71.3 Å². The van der Waals surface area contributed by atoms with Gasteiger partial charge < -0.3 is 15.1 Å². The molecular weight excluding hydrogens is 256 g/mol. The minimum atomic E-state index is -0.371. The third-order valence-corrected chi connectivity index (χ3v) is 3.60. The lowest BCUT2D eigenvalue weighted by Crippen LogP contribution is -2.34. The van der Waals surface area contributed by atoms with E-state index in [1.54, 1.807) is 18.2 Å². The summed E-state index contributed by atoms with van der Waals surface area (Å²) >= 11 is 0. The molecule has 0 saturated carbocycles. The second-order valence-electron chi connectivity index (χ2n) is 5.02. The molecule has 0 radical (unpaired) electrons. The maximum atomic E-state index is 12.1. The number of amides is 1. The van der Waals surface area contributed by atoms with E-state index in [1.165, 1.54) is 6.07 Å². The van der Waals surface area contributed by atoms with Gasteiger partial charge in [-0.1, -0.05) is 0 Å². The smallest absolute Gasteiger partial charge is 0.336 e. The van der Waals surface area contributed by atoms with E-state index < -0.39 is 0 Å².